The van der Waals surface area contributed by atoms with E-state index in [-0.39, 0.29) is 0 Å². The van der Waals surface area contributed by atoms with E-state index >= 15 is 0 Å². The molecule has 0 N–H and O–H groups in total. The van der Waals surface area contributed by atoms with Gasteiger partial charge in [-0.1, -0.05) is 46.3 Å². The molecule has 0 atom stereocenters. The van der Waals surface area contributed by atoms with Crippen LogP contribution in [0.2, 0.25) is 0 Å². The molecule has 0 fully saturated rings. The predicted octanol–water partition coefficient (Wildman–Crippen LogP) is 3.02. The van der Waals surface area contributed by atoms with Crippen LogP contribution < -0.4 is 4.90 Å². The minimum absolute atomic E-state index is 0.419. The lowest BCUT2D eigenvalue weighted by molar-refractivity contribution is 0.611. The Morgan fingerprint density at radius 1 is 1.11 bits per heavy atom. The Labute approximate surface area is 114 Å². The van der Waals surface area contributed by atoms with Gasteiger partial charge in [-0.2, -0.15) is 0 Å². The first-order valence-electron chi connectivity index (χ1n) is 5.62. The van der Waals surface area contributed by atoms with Crippen molar-refractivity contribution in [2.75, 3.05) is 16.8 Å². The van der Waals surface area contributed by atoms with E-state index < -0.39 is 5.82 Å². The third-order valence-corrected chi connectivity index (χ3v) is 2.81. The van der Waals surface area contributed by atoms with Crippen LogP contribution in [0, 0.1) is 5.82 Å². The zero-order chi connectivity index (χ0) is 12.8. The molecule has 0 radical (unpaired) electrons. The molecule has 0 saturated carbocycles. The highest BCUT2D eigenvalue weighted by atomic mass is 79.9. The van der Waals surface area contributed by atoms with Gasteiger partial charge in [-0.3, -0.25) is 0 Å². The largest absolute Gasteiger partial charge is 0.336 e. The quantitative estimate of drug-likeness (QED) is 0.795. The van der Waals surface area contributed by atoms with Crippen molar-refractivity contribution in [2.24, 2.45) is 0 Å². The highest BCUT2D eigenvalue weighted by molar-refractivity contribution is 9.09. The second-order valence-corrected chi connectivity index (χ2v) is 4.59. The van der Waals surface area contributed by atoms with Crippen molar-refractivity contribution in [3.8, 4) is 0 Å². The lowest BCUT2D eigenvalue weighted by Gasteiger charge is -2.21. The van der Waals surface area contributed by atoms with E-state index in [1.807, 2.05) is 35.2 Å². The average molecular weight is 310 g/mol. The standard InChI is InChI=1S/C13H13BrFN3/c14-6-7-18(10-11-4-2-1-3-5-11)13-16-8-12(15)9-17-13/h1-5,8-9H,6-7,10H2. The van der Waals surface area contributed by atoms with Crippen LogP contribution >= 0.6 is 15.9 Å². The number of rotatable bonds is 5. The monoisotopic (exact) mass is 309 g/mol. The third-order valence-electron chi connectivity index (χ3n) is 2.46. The molecule has 18 heavy (non-hydrogen) atoms. The maximum atomic E-state index is 12.8. The summed E-state index contributed by atoms with van der Waals surface area (Å²) in [5, 5.41) is 0.806. The van der Waals surface area contributed by atoms with Crippen molar-refractivity contribution < 1.29 is 4.39 Å². The van der Waals surface area contributed by atoms with E-state index in [1.54, 1.807) is 0 Å². The number of hydrogen-bond acceptors (Lipinski definition) is 3. The predicted molar refractivity (Wildman–Crippen MR) is 73.3 cm³/mol. The molecule has 0 unspecified atom stereocenters. The Hall–Kier alpha value is -1.49. The summed E-state index contributed by atoms with van der Waals surface area (Å²) < 4.78 is 12.8. The van der Waals surface area contributed by atoms with Gasteiger partial charge >= 0.3 is 0 Å². The molecule has 0 spiro atoms. The maximum absolute atomic E-state index is 12.8. The highest BCUT2D eigenvalue weighted by Crippen LogP contribution is 2.12. The van der Waals surface area contributed by atoms with E-state index in [4.69, 9.17) is 0 Å². The van der Waals surface area contributed by atoms with Crippen LogP contribution in [-0.2, 0) is 6.54 Å². The first-order chi connectivity index (χ1) is 8.79. The van der Waals surface area contributed by atoms with Crippen molar-refractivity contribution in [1.82, 2.24) is 9.97 Å². The minimum atomic E-state index is -0.419. The van der Waals surface area contributed by atoms with E-state index in [1.165, 1.54) is 18.0 Å². The third kappa shape index (κ3) is 3.50. The molecular formula is C13H13BrFN3. The van der Waals surface area contributed by atoms with E-state index in [0.29, 0.717) is 12.5 Å². The number of benzene rings is 1. The Balaban J connectivity index is 2.15. The number of nitrogens with zero attached hydrogens (tertiary/aromatic N) is 3. The summed E-state index contributed by atoms with van der Waals surface area (Å²) >= 11 is 3.40. The summed E-state index contributed by atoms with van der Waals surface area (Å²) in [4.78, 5) is 10.0. The first kappa shape index (κ1) is 13.0. The summed E-state index contributed by atoms with van der Waals surface area (Å²) in [6, 6.07) is 10.1. The first-order valence-corrected chi connectivity index (χ1v) is 6.74. The lowest BCUT2D eigenvalue weighted by atomic mass is 10.2. The van der Waals surface area contributed by atoms with Crippen LogP contribution in [0.25, 0.3) is 0 Å². The Morgan fingerprint density at radius 3 is 2.39 bits per heavy atom. The number of anilines is 1. The molecule has 0 aliphatic carbocycles. The van der Waals surface area contributed by atoms with Crippen LogP contribution in [0.1, 0.15) is 5.56 Å². The summed E-state index contributed by atoms with van der Waals surface area (Å²) in [6.45, 7) is 1.47. The molecule has 2 rings (SSSR count). The molecule has 1 heterocycles. The molecule has 0 aliphatic rings. The number of halogens is 2. The van der Waals surface area contributed by atoms with E-state index in [0.717, 1.165) is 11.9 Å². The average Bonchev–Trinajstić information content (AvgIpc) is 2.40. The summed E-state index contributed by atoms with van der Waals surface area (Å²) in [7, 11) is 0. The van der Waals surface area contributed by atoms with Crippen LogP contribution in [0.5, 0.6) is 0 Å². The van der Waals surface area contributed by atoms with Gasteiger partial charge in [0, 0.05) is 18.4 Å². The molecule has 0 amide bonds. The summed E-state index contributed by atoms with van der Waals surface area (Å²) in [6.07, 6.45) is 2.38. The van der Waals surface area contributed by atoms with Gasteiger partial charge in [0.2, 0.25) is 5.95 Å². The zero-order valence-electron chi connectivity index (χ0n) is 9.76. The molecule has 1 aromatic heterocycles. The smallest absolute Gasteiger partial charge is 0.225 e. The molecule has 3 nitrogen and oxygen atoms in total. The van der Waals surface area contributed by atoms with Gasteiger partial charge in [0.15, 0.2) is 5.82 Å². The van der Waals surface area contributed by atoms with E-state index in [9.17, 15) is 4.39 Å². The van der Waals surface area contributed by atoms with Gasteiger partial charge in [-0.25, -0.2) is 14.4 Å². The second kappa shape index (κ2) is 6.44. The van der Waals surface area contributed by atoms with Crippen molar-refractivity contribution >= 4 is 21.9 Å². The molecule has 5 heteroatoms. The number of aromatic nitrogens is 2. The van der Waals surface area contributed by atoms with Crippen molar-refractivity contribution in [1.29, 1.82) is 0 Å². The Bertz CT molecular complexity index is 475. The molecule has 1 aromatic carbocycles. The fraction of sp³-hybridized carbons (Fsp3) is 0.231. The molecular weight excluding hydrogens is 297 g/mol. The molecule has 0 aliphatic heterocycles. The van der Waals surface area contributed by atoms with E-state index in [2.05, 4.69) is 25.9 Å². The Kier molecular flexibility index (Phi) is 4.64. The van der Waals surface area contributed by atoms with Gasteiger partial charge in [0.05, 0.1) is 12.4 Å². The zero-order valence-corrected chi connectivity index (χ0v) is 11.3. The molecule has 2 aromatic rings. The van der Waals surface area contributed by atoms with Crippen LogP contribution in [0.15, 0.2) is 42.7 Å². The van der Waals surface area contributed by atoms with Crippen LogP contribution in [0.4, 0.5) is 10.3 Å². The maximum Gasteiger partial charge on any atom is 0.225 e. The summed E-state index contributed by atoms with van der Waals surface area (Å²) in [5.41, 5.74) is 1.17. The fourth-order valence-corrected chi connectivity index (χ4v) is 2.05. The second-order valence-electron chi connectivity index (χ2n) is 3.80. The van der Waals surface area contributed by atoms with Crippen LogP contribution in [-0.4, -0.2) is 21.8 Å². The highest BCUT2D eigenvalue weighted by Gasteiger charge is 2.09. The number of alkyl halides is 1. The lowest BCUT2D eigenvalue weighted by Crippen LogP contribution is -2.26. The van der Waals surface area contributed by atoms with Gasteiger partial charge in [0.1, 0.15) is 0 Å². The fourth-order valence-electron chi connectivity index (χ4n) is 1.62. The SMILES string of the molecule is Fc1cnc(N(CCBr)Cc2ccccc2)nc1. The van der Waals surface area contributed by atoms with Gasteiger partial charge < -0.3 is 4.90 Å². The van der Waals surface area contributed by atoms with Gasteiger partial charge in [-0.15, -0.1) is 0 Å². The van der Waals surface area contributed by atoms with Crippen molar-refractivity contribution in [3.05, 3.63) is 54.1 Å². The van der Waals surface area contributed by atoms with Crippen molar-refractivity contribution in [3.63, 3.8) is 0 Å². The number of hydrogen-bond donors (Lipinski definition) is 0. The normalized spacial score (nSPS) is 10.3. The van der Waals surface area contributed by atoms with Crippen LogP contribution in [0.3, 0.4) is 0 Å². The van der Waals surface area contributed by atoms with Crippen molar-refractivity contribution in [2.45, 2.75) is 6.54 Å². The topological polar surface area (TPSA) is 29.0 Å². The Morgan fingerprint density at radius 2 is 1.78 bits per heavy atom. The van der Waals surface area contributed by atoms with Gasteiger partial charge in [-0.05, 0) is 5.56 Å². The molecule has 94 valence electrons. The minimum Gasteiger partial charge on any atom is -0.336 e. The summed E-state index contributed by atoms with van der Waals surface area (Å²) in [5.74, 6) is 0.122. The van der Waals surface area contributed by atoms with Gasteiger partial charge in [0.25, 0.3) is 0 Å². The molecule has 0 bridgehead atoms. The molecule has 0 saturated heterocycles.